The molecule has 7 N–H and O–H groups in total. The van der Waals surface area contributed by atoms with E-state index < -0.39 is 34.9 Å². The summed E-state index contributed by atoms with van der Waals surface area (Å²) in [5, 5.41) is 23.8. The van der Waals surface area contributed by atoms with Gasteiger partial charge in [0, 0.05) is 17.3 Å². The number of alkyl halides is 1. The molecule has 3 rings (SSSR count). The lowest BCUT2D eigenvalue weighted by molar-refractivity contribution is -0.882. The van der Waals surface area contributed by atoms with Gasteiger partial charge in [0.15, 0.2) is 5.13 Å². The molecule has 1 aromatic heterocycles. The predicted molar refractivity (Wildman–Crippen MR) is 136 cm³/mol. The third kappa shape index (κ3) is 7.70. The number of nitrogen functional groups attached to an aromatic ring is 1. The van der Waals surface area contributed by atoms with Crippen LogP contribution < -0.4 is 16.8 Å². The van der Waals surface area contributed by atoms with Gasteiger partial charge in [0.1, 0.15) is 17.1 Å². The molecule has 37 heavy (non-hydrogen) atoms. The maximum atomic E-state index is 12.7. The maximum absolute atomic E-state index is 12.7. The number of likely N-dealkylation sites (N-methyl/N-ethyl adjacent to an activating group) is 1. The number of aromatic nitrogens is 2. The number of oxime groups is 1. The van der Waals surface area contributed by atoms with Crippen molar-refractivity contribution >= 4 is 58.3 Å². The number of nitrogens with one attached hydrogen (secondary N) is 1. The van der Waals surface area contributed by atoms with E-state index in [9.17, 15) is 29.1 Å². The second kappa shape index (κ2) is 14.2. The highest BCUT2D eigenvalue weighted by Gasteiger charge is 2.54. The number of rotatable bonds is 8. The third-order valence-corrected chi connectivity index (χ3v) is 7.08. The monoisotopic (exact) mass is 561 g/mol. The van der Waals surface area contributed by atoms with Crippen molar-refractivity contribution < 1.29 is 38.4 Å². The zero-order valence-corrected chi connectivity index (χ0v) is 22.3. The van der Waals surface area contributed by atoms with Crippen LogP contribution in [0.5, 0.6) is 0 Å². The van der Waals surface area contributed by atoms with Crippen LogP contribution in [0.3, 0.4) is 0 Å². The molecule has 17 heteroatoms. The Morgan fingerprint density at radius 2 is 2.00 bits per heavy atom. The predicted octanol–water partition coefficient (Wildman–Crippen LogP) is -0.623. The van der Waals surface area contributed by atoms with Crippen molar-refractivity contribution in [1.82, 2.24) is 19.6 Å². The van der Waals surface area contributed by atoms with Crippen molar-refractivity contribution in [2.45, 2.75) is 18.3 Å². The van der Waals surface area contributed by atoms with E-state index in [-0.39, 0.29) is 23.1 Å². The molecule has 0 bridgehead atoms. The second-order valence-corrected chi connectivity index (χ2v) is 9.81. The van der Waals surface area contributed by atoms with Crippen LogP contribution in [0.1, 0.15) is 12.7 Å². The number of carboxylic acids is 1. The molecular formula is C20H30FN8O6S2+. The Balaban J connectivity index is 0.00000127. The molecular weight excluding hydrogens is 531 g/mol. The van der Waals surface area contributed by atoms with Gasteiger partial charge in [0.05, 0.1) is 34.4 Å². The van der Waals surface area contributed by atoms with Crippen LogP contribution in [0.15, 0.2) is 28.6 Å². The fourth-order valence-corrected chi connectivity index (χ4v) is 4.87. The van der Waals surface area contributed by atoms with Crippen molar-refractivity contribution in [1.29, 1.82) is 0 Å². The summed E-state index contributed by atoms with van der Waals surface area (Å²) in [4.78, 5) is 50.7. The smallest absolute Gasteiger partial charge is 0.352 e. The van der Waals surface area contributed by atoms with Crippen LogP contribution in [0, 0.1) is 0 Å². The summed E-state index contributed by atoms with van der Waals surface area (Å²) in [5.41, 5.74) is 9.61. The lowest BCUT2D eigenvalue weighted by atomic mass is 10.0. The number of hydrogen-bond acceptors (Lipinski definition) is 11. The second-order valence-electron chi connectivity index (χ2n) is 7.92. The number of aliphatic carboxylic acids is 1. The molecule has 2 atom stereocenters. The van der Waals surface area contributed by atoms with Crippen molar-refractivity contribution in [3.8, 4) is 0 Å². The molecule has 1 aromatic rings. The molecule has 2 aliphatic heterocycles. The van der Waals surface area contributed by atoms with Gasteiger partial charge in [-0.25, -0.2) is 4.79 Å². The minimum Gasteiger partial charge on any atom is -0.477 e. The van der Waals surface area contributed by atoms with E-state index in [4.69, 9.17) is 10.5 Å². The molecule has 1 fully saturated rings. The summed E-state index contributed by atoms with van der Waals surface area (Å²) in [6, 6.07) is -0.976. The fourth-order valence-electron chi connectivity index (χ4n) is 3.11. The molecule has 2 unspecified atom stereocenters. The standard InChI is InChI=1S/C18H23N7O5S2.CH3F.CH3NO/c1-4-25(2,3)7-5-6-9-8-31-16-11(15(27)24(16)12(9)17(28)29)20-14(26)10(22-30)13-21-18(19)32-23-13;1-2;2-1-3/h5-6,11,16H,4,7-8H2,1-3H3,(H4-,19,20,21,23,26,28,29,30);1H3;1H,(H2,2,3)/p+1/b6-5+;;. The van der Waals surface area contributed by atoms with Gasteiger partial charge in [0.2, 0.25) is 17.9 Å². The first kappa shape index (κ1) is 31.5. The van der Waals surface area contributed by atoms with Gasteiger partial charge in [-0.05, 0) is 18.6 Å². The van der Waals surface area contributed by atoms with Gasteiger partial charge >= 0.3 is 5.97 Å². The molecule has 204 valence electrons. The Bertz CT molecular complexity index is 1090. The number of halogens is 1. The first-order valence-electron chi connectivity index (χ1n) is 10.6. The molecule has 2 aliphatic rings. The first-order valence-corrected chi connectivity index (χ1v) is 12.4. The molecule has 3 amide bonds. The summed E-state index contributed by atoms with van der Waals surface area (Å²) in [6.07, 6.45) is 3.90. The molecule has 0 saturated carbocycles. The summed E-state index contributed by atoms with van der Waals surface area (Å²) < 4.78 is 14.1. The fraction of sp³-hybridized carbons (Fsp3) is 0.450. The number of hydrogen-bond donors (Lipinski definition) is 5. The third-order valence-electron chi connectivity index (χ3n) is 5.23. The molecule has 0 aliphatic carbocycles. The van der Waals surface area contributed by atoms with Gasteiger partial charge in [-0.1, -0.05) is 11.2 Å². The van der Waals surface area contributed by atoms with Gasteiger partial charge in [-0.3, -0.25) is 23.7 Å². The van der Waals surface area contributed by atoms with E-state index in [0.29, 0.717) is 25.0 Å². The number of allylic oxidation sites excluding steroid dienone is 1. The summed E-state index contributed by atoms with van der Waals surface area (Å²) in [7, 11) is 4.63. The number of amides is 3. The van der Waals surface area contributed by atoms with Crippen molar-refractivity contribution in [2.75, 3.05) is 45.8 Å². The van der Waals surface area contributed by atoms with Gasteiger partial charge in [-0.2, -0.15) is 9.36 Å². The maximum Gasteiger partial charge on any atom is 0.352 e. The topological polar surface area (TPSA) is 214 Å². The number of nitrogens with two attached hydrogens (primary N) is 2. The number of fused-ring (bicyclic) bond motifs is 1. The number of primary amides is 1. The summed E-state index contributed by atoms with van der Waals surface area (Å²) in [5.74, 6) is -2.44. The van der Waals surface area contributed by atoms with E-state index in [1.54, 1.807) is 6.08 Å². The van der Waals surface area contributed by atoms with E-state index in [1.165, 1.54) is 16.7 Å². The normalized spacial score (nSPS) is 19.1. The van der Waals surface area contributed by atoms with Crippen LogP contribution in [0.4, 0.5) is 9.52 Å². The van der Waals surface area contributed by atoms with Crippen LogP contribution >= 0.6 is 23.3 Å². The number of carbonyl (C=O) groups is 4. The van der Waals surface area contributed by atoms with E-state index >= 15 is 0 Å². The summed E-state index contributed by atoms with van der Waals surface area (Å²) in [6.45, 7) is 3.70. The van der Waals surface area contributed by atoms with E-state index in [1.807, 2.05) is 6.08 Å². The average Bonchev–Trinajstić information content (AvgIpc) is 3.29. The number of carbonyl (C=O) groups excluding carboxylic acids is 3. The number of β-lactam (4-membered cyclic amide) rings is 1. The SMILES string of the molecule is CC[N+](C)(C)C/C=C/C1=C(C(=O)O)N2C(=O)C(NC(=O)/C(=N/O)c3nsc(N)n3)C2SC1.CF.NC=O. The number of anilines is 1. The van der Waals surface area contributed by atoms with Crippen LogP contribution in [0.2, 0.25) is 0 Å². The lowest BCUT2D eigenvalue weighted by Crippen LogP contribution is -2.71. The molecule has 3 heterocycles. The minimum atomic E-state index is -1.21. The zero-order chi connectivity index (χ0) is 28.3. The molecule has 0 spiro atoms. The van der Waals surface area contributed by atoms with Crippen molar-refractivity contribution in [3.63, 3.8) is 0 Å². The minimum absolute atomic E-state index is 0.0839. The number of quaternary nitrogens is 1. The van der Waals surface area contributed by atoms with Crippen molar-refractivity contribution in [2.24, 2.45) is 10.9 Å². The van der Waals surface area contributed by atoms with E-state index in [0.717, 1.165) is 22.6 Å². The zero-order valence-electron chi connectivity index (χ0n) is 20.6. The number of nitrogens with zero attached hydrogens (tertiary/aromatic N) is 5. The Kier molecular flexibility index (Phi) is 12.1. The van der Waals surface area contributed by atoms with Crippen molar-refractivity contribution in [3.05, 3.63) is 29.2 Å². The number of thioether (sulfide) groups is 1. The first-order chi connectivity index (χ1) is 17.5. The van der Waals surface area contributed by atoms with Gasteiger partial charge in [0.25, 0.3) is 11.8 Å². The molecule has 14 nitrogen and oxygen atoms in total. The Morgan fingerprint density at radius 1 is 1.38 bits per heavy atom. The highest BCUT2D eigenvalue weighted by molar-refractivity contribution is 8.00. The average molecular weight is 562 g/mol. The Hall–Kier alpha value is -3.57. The highest BCUT2D eigenvalue weighted by atomic mass is 32.2. The molecule has 0 aromatic carbocycles. The lowest BCUT2D eigenvalue weighted by Gasteiger charge is -2.49. The Morgan fingerprint density at radius 3 is 2.49 bits per heavy atom. The highest BCUT2D eigenvalue weighted by Crippen LogP contribution is 2.40. The van der Waals surface area contributed by atoms with Crippen LogP contribution in [-0.4, -0.2) is 110 Å². The Labute approximate surface area is 220 Å². The van der Waals surface area contributed by atoms with Gasteiger partial charge in [-0.15, -0.1) is 11.8 Å². The molecule has 0 radical (unpaired) electrons. The summed E-state index contributed by atoms with van der Waals surface area (Å²) >= 11 is 2.16. The van der Waals surface area contributed by atoms with Gasteiger partial charge < -0.3 is 31.6 Å². The van der Waals surface area contributed by atoms with E-state index in [2.05, 4.69) is 46.6 Å². The van der Waals surface area contributed by atoms with Crippen LogP contribution in [0.25, 0.3) is 0 Å². The van der Waals surface area contributed by atoms with Crippen LogP contribution in [-0.2, 0) is 19.2 Å². The largest absolute Gasteiger partial charge is 0.477 e. The number of carboxylic acid groups (broad SMARTS) is 1. The quantitative estimate of drug-likeness (QED) is 0.0677. The molecule has 1 saturated heterocycles.